The number of esters is 2. The van der Waals surface area contributed by atoms with Crippen LogP contribution in [0.5, 0.6) is 11.5 Å². The van der Waals surface area contributed by atoms with Gasteiger partial charge >= 0.3 is 11.9 Å². The van der Waals surface area contributed by atoms with E-state index in [-0.39, 0.29) is 17.9 Å². The van der Waals surface area contributed by atoms with Gasteiger partial charge in [0.15, 0.2) is 11.5 Å². The molecule has 1 aromatic rings. The van der Waals surface area contributed by atoms with Crippen LogP contribution in [0.3, 0.4) is 0 Å². The summed E-state index contributed by atoms with van der Waals surface area (Å²) in [5, 5.41) is 0. The molecule has 0 aromatic heterocycles. The molecular formula is C24H36O5. The van der Waals surface area contributed by atoms with E-state index in [4.69, 9.17) is 14.2 Å². The highest BCUT2D eigenvalue weighted by Gasteiger charge is 2.18. The molecular weight excluding hydrogens is 368 g/mol. The normalized spacial score (nSPS) is 11.8. The van der Waals surface area contributed by atoms with Gasteiger partial charge in [0.1, 0.15) is 6.10 Å². The molecule has 1 aromatic carbocycles. The number of methoxy groups -OCH3 is 1. The van der Waals surface area contributed by atoms with Crippen molar-refractivity contribution >= 4 is 11.9 Å². The van der Waals surface area contributed by atoms with Crippen molar-refractivity contribution in [1.82, 2.24) is 0 Å². The molecule has 5 heteroatoms. The maximum atomic E-state index is 12.2. The molecule has 0 saturated heterocycles. The third kappa shape index (κ3) is 9.16. The standard InChI is InChI=1S/C24H36O5/c1-6-8-9-10-11-12-13-14-23(25)28-20(7-2)19-15-16-21(22(17-19)27-5)29-24(26)18(3)4/h7,15-18,20H,2,6,8-14H2,1,3-5H3. The van der Waals surface area contributed by atoms with E-state index in [0.29, 0.717) is 23.5 Å². The van der Waals surface area contributed by atoms with E-state index < -0.39 is 6.10 Å². The Kier molecular flexibility index (Phi) is 11.8. The predicted molar refractivity (Wildman–Crippen MR) is 115 cm³/mol. The Balaban J connectivity index is 2.60. The van der Waals surface area contributed by atoms with E-state index in [9.17, 15) is 9.59 Å². The summed E-state index contributed by atoms with van der Waals surface area (Å²) in [7, 11) is 1.50. The van der Waals surface area contributed by atoms with Crippen LogP contribution in [0.4, 0.5) is 0 Å². The van der Waals surface area contributed by atoms with Crippen molar-refractivity contribution in [3.63, 3.8) is 0 Å². The van der Waals surface area contributed by atoms with Crippen LogP contribution in [0, 0.1) is 5.92 Å². The Morgan fingerprint density at radius 2 is 1.69 bits per heavy atom. The van der Waals surface area contributed by atoms with E-state index >= 15 is 0 Å². The van der Waals surface area contributed by atoms with Gasteiger partial charge in [0.2, 0.25) is 0 Å². The molecule has 0 fully saturated rings. The van der Waals surface area contributed by atoms with Gasteiger partial charge in [-0.2, -0.15) is 0 Å². The number of carbonyl (C=O) groups excluding carboxylic acids is 2. The summed E-state index contributed by atoms with van der Waals surface area (Å²) in [5.74, 6) is -0.0678. The third-order valence-electron chi connectivity index (χ3n) is 4.66. The van der Waals surface area contributed by atoms with Crippen LogP contribution >= 0.6 is 0 Å². The summed E-state index contributed by atoms with van der Waals surface area (Å²) in [6.07, 6.45) is 9.46. The molecule has 0 spiro atoms. The molecule has 29 heavy (non-hydrogen) atoms. The number of unbranched alkanes of at least 4 members (excludes halogenated alkanes) is 6. The number of carbonyl (C=O) groups is 2. The van der Waals surface area contributed by atoms with E-state index in [1.165, 1.54) is 32.8 Å². The number of hydrogen-bond acceptors (Lipinski definition) is 5. The van der Waals surface area contributed by atoms with Crippen molar-refractivity contribution in [1.29, 1.82) is 0 Å². The Labute approximate surface area is 175 Å². The van der Waals surface area contributed by atoms with Gasteiger partial charge in [-0.25, -0.2) is 0 Å². The quantitative estimate of drug-likeness (QED) is 0.161. The first-order valence-corrected chi connectivity index (χ1v) is 10.6. The Hall–Kier alpha value is -2.30. The number of ether oxygens (including phenoxy) is 3. The minimum absolute atomic E-state index is 0.238. The van der Waals surface area contributed by atoms with Crippen LogP contribution in [-0.4, -0.2) is 19.0 Å². The first-order chi connectivity index (χ1) is 13.9. The fourth-order valence-electron chi connectivity index (χ4n) is 2.85. The molecule has 0 aliphatic carbocycles. The van der Waals surface area contributed by atoms with Crippen molar-refractivity contribution in [2.75, 3.05) is 7.11 Å². The van der Waals surface area contributed by atoms with Gasteiger partial charge in [-0.05, 0) is 24.6 Å². The monoisotopic (exact) mass is 404 g/mol. The van der Waals surface area contributed by atoms with Gasteiger partial charge < -0.3 is 14.2 Å². The Morgan fingerprint density at radius 1 is 1.03 bits per heavy atom. The summed E-state index contributed by atoms with van der Waals surface area (Å²) in [5.41, 5.74) is 0.717. The molecule has 1 rings (SSSR count). The maximum Gasteiger partial charge on any atom is 0.313 e. The molecule has 5 nitrogen and oxygen atoms in total. The smallest absolute Gasteiger partial charge is 0.313 e. The fourth-order valence-corrected chi connectivity index (χ4v) is 2.85. The van der Waals surface area contributed by atoms with Crippen LogP contribution in [0.15, 0.2) is 30.9 Å². The molecule has 0 radical (unpaired) electrons. The zero-order chi connectivity index (χ0) is 21.6. The summed E-state index contributed by atoms with van der Waals surface area (Å²) in [4.78, 5) is 24.0. The zero-order valence-electron chi connectivity index (χ0n) is 18.4. The lowest BCUT2D eigenvalue weighted by molar-refractivity contribution is -0.147. The van der Waals surface area contributed by atoms with Crippen molar-refractivity contribution in [2.45, 2.75) is 78.2 Å². The first-order valence-electron chi connectivity index (χ1n) is 10.6. The van der Waals surface area contributed by atoms with Gasteiger partial charge in [-0.3, -0.25) is 9.59 Å². The van der Waals surface area contributed by atoms with Crippen LogP contribution in [0.25, 0.3) is 0 Å². The highest BCUT2D eigenvalue weighted by atomic mass is 16.6. The lowest BCUT2D eigenvalue weighted by Crippen LogP contribution is -2.15. The molecule has 0 bridgehead atoms. The minimum Gasteiger partial charge on any atom is -0.493 e. The molecule has 0 amide bonds. The average molecular weight is 405 g/mol. The highest BCUT2D eigenvalue weighted by molar-refractivity contribution is 5.75. The number of hydrogen-bond donors (Lipinski definition) is 0. The first kappa shape index (κ1) is 24.7. The lowest BCUT2D eigenvalue weighted by Gasteiger charge is -2.17. The SMILES string of the molecule is C=CC(OC(=O)CCCCCCCCC)c1ccc(OC(=O)C(C)C)c(OC)c1. The zero-order valence-corrected chi connectivity index (χ0v) is 18.4. The van der Waals surface area contributed by atoms with Gasteiger partial charge in [0.25, 0.3) is 0 Å². The Morgan fingerprint density at radius 3 is 2.28 bits per heavy atom. The largest absolute Gasteiger partial charge is 0.493 e. The minimum atomic E-state index is -0.573. The summed E-state index contributed by atoms with van der Waals surface area (Å²) in [6.45, 7) is 9.51. The topological polar surface area (TPSA) is 61.8 Å². The van der Waals surface area contributed by atoms with Crippen LogP contribution in [0.1, 0.15) is 83.8 Å². The molecule has 1 atom stereocenters. The van der Waals surface area contributed by atoms with E-state index in [2.05, 4.69) is 13.5 Å². The van der Waals surface area contributed by atoms with Crippen molar-refractivity contribution in [2.24, 2.45) is 5.92 Å². The van der Waals surface area contributed by atoms with Gasteiger partial charge in [0, 0.05) is 12.0 Å². The number of benzene rings is 1. The van der Waals surface area contributed by atoms with Gasteiger partial charge in [-0.1, -0.05) is 71.9 Å². The molecule has 0 saturated carbocycles. The van der Waals surface area contributed by atoms with Crippen LogP contribution in [-0.2, 0) is 14.3 Å². The second kappa shape index (κ2) is 13.8. The van der Waals surface area contributed by atoms with Gasteiger partial charge in [-0.15, -0.1) is 0 Å². The van der Waals surface area contributed by atoms with Crippen LogP contribution in [0.2, 0.25) is 0 Å². The van der Waals surface area contributed by atoms with Crippen molar-refractivity contribution < 1.29 is 23.8 Å². The maximum absolute atomic E-state index is 12.2. The molecule has 0 N–H and O–H groups in total. The van der Waals surface area contributed by atoms with E-state index in [0.717, 1.165) is 19.3 Å². The molecule has 1 unspecified atom stereocenters. The van der Waals surface area contributed by atoms with Crippen molar-refractivity contribution in [3.8, 4) is 11.5 Å². The molecule has 0 aliphatic heterocycles. The average Bonchev–Trinajstić information content (AvgIpc) is 2.71. The second-order valence-electron chi connectivity index (χ2n) is 7.50. The molecule has 0 aliphatic rings. The third-order valence-corrected chi connectivity index (χ3v) is 4.66. The lowest BCUT2D eigenvalue weighted by atomic mass is 10.1. The van der Waals surface area contributed by atoms with Crippen molar-refractivity contribution in [3.05, 3.63) is 36.4 Å². The second-order valence-corrected chi connectivity index (χ2v) is 7.50. The molecule has 0 heterocycles. The Bertz CT molecular complexity index is 651. The number of rotatable bonds is 14. The van der Waals surface area contributed by atoms with E-state index in [1.54, 1.807) is 38.1 Å². The fraction of sp³-hybridized carbons (Fsp3) is 0.583. The molecule has 162 valence electrons. The van der Waals surface area contributed by atoms with E-state index in [1.807, 2.05) is 0 Å². The van der Waals surface area contributed by atoms with Gasteiger partial charge in [0.05, 0.1) is 13.0 Å². The highest BCUT2D eigenvalue weighted by Crippen LogP contribution is 2.32. The summed E-state index contributed by atoms with van der Waals surface area (Å²) in [6, 6.07) is 5.10. The van der Waals surface area contributed by atoms with Crippen LogP contribution < -0.4 is 9.47 Å². The predicted octanol–water partition coefficient (Wildman–Crippen LogP) is 6.17. The summed E-state index contributed by atoms with van der Waals surface area (Å²) >= 11 is 0. The summed E-state index contributed by atoms with van der Waals surface area (Å²) < 4.78 is 16.3.